The van der Waals surface area contributed by atoms with Gasteiger partial charge in [-0.3, -0.25) is 4.79 Å². The molecule has 0 aromatic heterocycles. The molecule has 4 heteroatoms. The van der Waals surface area contributed by atoms with E-state index >= 15 is 0 Å². The Hall–Kier alpha value is -1.97. The molecular weight excluding hydrogens is 288 g/mol. The van der Waals surface area contributed by atoms with Gasteiger partial charge in [0.05, 0.1) is 12.3 Å². The van der Waals surface area contributed by atoms with Gasteiger partial charge >= 0.3 is 0 Å². The molecule has 23 heavy (non-hydrogen) atoms. The standard InChI is InChI=1S/C19H28N2O2/c1-2-23-18-10-8-16(14-17(18)20)9-11-19(22)21-13-12-15-6-4-3-5-7-15/h6,8,10,14H,2-5,7,9,11-13,20H2,1H3,(H,21,22). The molecule has 0 unspecified atom stereocenters. The first kappa shape index (κ1) is 17.4. The van der Waals surface area contributed by atoms with Crippen molar-refractivity contribution in [2.24, 2.45) is 0 Å². The van der Waals surface area contributed by atoms with E-state index in [1.54, 1.807) is 0 Å². The quantitative estimate of drug-likeness (QED) is 0.569. The second-order valence-corrected chi connectivity index (χ2v) is 6.01. The molecular formula is C19H28N2O2. The molecule has 0 saturated heterocycles. The van der Waals surface area contributed by atoms with E-state index in [-0.39, 0.29) is 5.91 Å². The molecule has 1 aliphatic rings. The zero-order chi connectivity index (χ0) is 16.5. The molecule has 0 heterocycles. The lowest BCUT2D eigenvalue weighted by Crippen LogP contribution is -2.25. The van der Waals surface area contributed by atoms with Crippen molar-refractivity contribution >= 4 is 11.6 Å². The first-order valence-corrected chi connectivity index (χ1v) is 8.65. The van der Waals surface area contributed by atoms with E-state index in [1.807, 2.05) is 25.1 Å². The van der Waals surface area contributed by atoms with Gasteiger partial charge in [-0.25, -0.2) is 0 Å². The predicted molar refractivity (Wildman–Crippen MR) is 94.5 cm³/mol. The molecule has 0 fully saturated rings. The number of nitrogen functional groups attached to an aromatic ring is 1. The van der Waals surface area contributed by atoms with Crippen LogP contribution in [0, 0.1) is 0 Å². The van der Waals surface area contributed by atoms with Crippen LogP contribution in [-0.2, 0) is 11.2 Å². The molecule has 0 radical (unpaired) electrons. The number of anilines is 1. The molecule has 0 atom stereocenters. The highest BCUT2D eigenvalue weighted by atomic mass is 16.5. The number of nitrogens with two attached hydrogens (primary N) is 1. The highest BCUT2D eigenvalue weighted by Gasteiger charge is 2.07. The number of carbonyl (C=O) groups is 1. The van der Waals surface area contributed by atoms with Crippen LogP contribution in [0.15, 0.2) is 29.8 Å². The molecule has 1 aromatic rings. The minimum absolute atomic E-state index is 0.105. The Morgan fingerprint density at radius 3 is 2.87 bits per heavy atom. The van der Waals surface area contributed by atoms with Gasteiger partial charge in [-0.05, 0) is 63.1 Å². The Balaban J connectivity index is 1.69. The molecule has 2 rings (SSSR count). The van der Waals surface area contributed by atoms with Gasteiger partial charge < -0.3 is 15.8 Å². The third-order valence-corrected chi connectivity index (χ3v) is 4.17. The van der Waals surface area contributed by atoms with Crippen LogP contribution in [0.4, 0.5) is 5.69 Å². The van der Waals surface area contributed by atoms with E-state index in [2.05, 4.69) is 11.4 Å². The van der Waals surface area contributed by atoms with Crippen LogP contribution >= 0.6 is 0 Å². The molecule has 126 valence electrons. The van der Waals surface area contributed by atoms with Crippen LogP contribution in [0.5, 0.6) is 5.75 Å². The lowest BCUT2D eigenvalue weighted by molar-refractivity contribution is -0.121. The Morgan fingerprint density at radius 1 is 1.30 bits per heavy atom. The zero-order valence-corrected chi connectivity index (χ0v) is 14.1. The Kier molecular flexibility index (Phi) is 6.98. The fraction of sp³-hybridized carbons (Fsp3) is 0.526. The number of amides is 1. The minimum Gasteiger partial charge on any atom is -0.492 e. The molecule has 0 aliphatic heterocycles. The van der Waals surface area contributed by atoms with E-state index in [0.29, 0.717) is 30.9 Å². The lowest BCUT2D eigenvalue weighted by Gasteiger charge is -2.13. The Bertz CT molecular complexity index is 552. The molecule has 1 aliphatic carbocycles. The summed E-state index contributed by atoms with van der Waals surface area (Å²) in [6.45, 7) is 3.28. The average molecular weight is 316 g/mol. The summed E-state index contributed by atoms with van der Waals surface area (Å²) in [5.74, 6) is 0.815. The van der Waals surface area contributed by atoms with E-state index < -0.39 is 0 Å². The molecule has 1 amide bonds. The van der Waals surface area contributed by atoms with Crippen molar-refractivity contribution in [3.8, 4) is 5.75 Å². The number of allylic oxidation sites excluding steroid dienone is 1. The van der Waals surface area contributed by atoms with E-state index in [1.165, 1.54) is 31.3 Å². The van der Waals surface area contributed by atoms with Gasteiger partial charge in [-0.2, -0.15) is 0 Å². The molecule has 0 bridgehead atoms. The Morgan fingerprint density at radius 2 is 2.17 bits per heavy atom. The van der Waals surface area contributed by atoms with Crippen LogP contribution in [0.2, 0.25) is 0 Å². The van der Waals surface area contributed by atoms with E-state index in [0.717, 1.165) is 18.5 Å². The molecule has 1 aromatic carbocycles. The van der Waals surface area contributed by atoms with Crippen molar-refractivity contribution in [1.29, 1.82) is 0 Å². The monoisotopic (exact) mass is 316 g/mol. The van der Waals surface area contributed by atoms with Crippen LogP contribution in [0.1, 0.15) is 51.0 Å². The summed E-state index contributed by atoms with van der Waals surface area (Å²) in [5, 5.41) is 3.01. The zero-order valence-electron chi connectivity index (χ0n) is 14.1. The van der Waals surface area contributed by atoms with Gasteiger partial charge in [0.25, 0.3) is 0 Å². The van der Waals surface area contributed by atoms with Gasteiger partial charge in [-0.15, -0.1) is 0 Å². The summed E-state index contributed by atoms with van der Waals surface area (Å²) in [7, 11) is 0. The first-order valence-electron chi connectivity index (χ1n) is 8.65. The van der Waals surface area contributed by atoms with Crippen LogP contribution in [0.3, 0.4) is 0 Å². The largest absolute Gasteiger partial charge is 0.492 e. The minimum atomic E-state index is 0.105. The number of hydrogen-bond acceptors (Lipinski definition) is 3. The van der Waals surface area contributed by atoms with Crippen LogP contribution < -0.4 is 15.8 Å². The Labute approximate surface area is 139 Å². The third-order valence-electron chi connectivity index (χ3n) is 4.17. The fourth-order valence-corrected chi connectivity index (χ4v) is 2.88. The predicted octanol–water partition coefficient (Wildman–Crippen LogP) is 3.61. The lowest BCUT2D eigenvalue weighted by atomic mass is 9.97. The fourth-order valence-electron chi connectivity index (χ4n) is 2.88. The number of aryl methyl sites for hydroxylation is 1. The summed E-state index contributed by atoms with van der Waals surface area (Å²) in [5.41, 5.74) is 9.14. The number of hydrogen-bond donors (Lipinski definition) is 2. The van der Waals surface area contributed by atoms with Crippen molar-refractivity contribution in [3.63, 3.8) is 0 Å². The van der Waals surface area contributed by atoms with Crippen molar-refractivity contribution in [1.82, 2.24) is 5.32 Å². The second kappa shape index (κ2) is 9.23. The number of benzene rings is 1. The number of nitrogens with one attached hydrogen (secondary N) is 1. The molecule has 0 spiro atoms. The summed E-state index contributed by atoms with van der Waals surface area (Å²) >= 11 is 0. The number of rotatable bonds is 8. The topological polar surface area (TPSA) is 64.3 Å². The molecule has 3 N–H and O–H groups in total. The maximum atomic E-state index is 11.9. The van der Waals surface area contributed by atoms with Crippen molar-refractivity contribution in [2.75, 3.05) is 18.9 Å². The summed E-state index contributed by atoms with van der Waals surface area (Å²) in [6.07, 6.45) is 9.50. The molecule has 4 nitrogen and oxygen atoms in total. The SMILES string of the molecule is CCOc1ccc(CCC(=O)NCCC2=CCCCC2)cc1N. The van der Waals surface area contributed by atoms with Gasteiger partial charge in [0.2, 0.25) is 5.91 Å². The van der Waals surface area contributed by atoms with Crippen molar-refractivity contribution in [3.05, 3.63) is 35.4 Å². The maximum Gasteiger partial charge on any atom is 0.220 e. The highest BCUT2D eigenvalue weighted by molar-refractivity contribution is 5.76. The van der Waals surface area contributed by atoms with Crippen molar-refractivity contribution in [2.45, 2.75) is 51.9 Å². The normalized spacial score (nSPS) is 14.2. The first-order chi connectivity index (χ1) is 11.2. The van der Waals surface area contributed by atoms with Crippen LogP contribution in [0.25, 0.3) is 0 Å². The number of carbonyl (C=O) groups excluding carboxylic acids is 1. The summed E-state index contributed by atoms with van der Waals surface area (Å²) in [4.78, 5) is 11.9. The van der Waals surface area contributed by atoms with Crippen molar-refractivity contribution < 1.29 is 9.53 Å². The number of ether oxygens (including phenoxy) is 1. The van der Waals surface area contributed by atoms with E-state index in [9.17, 15) is 4.79 Å². The van der Waals surface area contributed by atoms with Crippen LogP contribution in [-0.4, -0.2) is 19.1 Å². The maximum absolute atomic E-state index is 11.9. The van der Waals surface area contributed by atoms with Gasteiger partial charge in [0.15, 0.2) is 0 Å². The van der Waals surface area contributed by atoms with Gasteiger partial charge in [0.1, 0.15) is 5.75 Å². The molecule has 0 saturated carbocycles. The highest BCUT2D eigenvalue weighted by Crippen LogP contribution is 2.23. The average Bonchev–Trinajstić information content (AvgIpc) is 2.56. The summed E-state index contributed by atoms with van der Waals surface area (Å²) < 4.78 is 5.42. The third kappa shape index (κ3) is 5.97. The van der Waals surface area contributed by atoms with E-state index in [4.69, 9.17) is 10.5 Å². The second-order valence-electron chi connectivity index (χ2n) is 6.01. The van der Waals surface area contributed by atoms with Gasteiger partial charge in [-0.1, -0.05) is 17.7 Å². The smallest absolute Gasteiger partial charge is 0.220 e. The summed E-state index contributed by atoms with van der Waals surface area (Å²) in [6, 6.07) is 5.74. The van der Waals surface area contributed by atoms with Gasteiger partial charge in [0, 0.05) is 13.0 Å².